The smallest absolute Gasteiger partial charge is 0.262 e. The quantitative estimate of drug-likeness (QED) is 0.657. The second-order valence-corrected chi connectivity index (χ2v) is 3.99. The Morgan fingerprint density at radius 1 is 1.35 bits per heavy atom. The Balaban J connectivity index is 2.10. The number of aromatic hydroxyl groups is 1. The van der Waals surface area contributed by atoms with E-state index in [2.05, 4.69) is 5.32 Å². The average molecular weight is 268 g/mol. The number of rotatable bonds is 4. The van der Waals surface area contributed by atoms with Crippen molar-refractivity contribution < 1.29 is 14.3 Å². The maximum atomic E-state index is 11.9. The Kier molecular flexibility index (Phi) is 4.20. The lowest BCUT2D eigenvalue weighted by molar-refractivity contribution is -0.117. The van der Waals surface area contributed by atoms with Crippen LogP contribution in [0.4, 0.5) is 0 Å². The van der Waals surface area contributed by atoms with Crippen molar-refractivity contribution in [2.45, 2.75) is 6.54 Å². The SMILES string of the molecule is N#C/C(=C\c1ccccc1O)C(=O)NCc1ccco1. The molecule has 0 bridgehead atoms. The van der Waals surface area contributed by atoms with Gasteiger partial charge in [0.15, 0.2) is 0 Å². The molecule has 0 aliphatic heterocycles. The minimum Gasteiger partial charge on any atom is -0.507 e. The van der Waals surface area contributed by atoms with Gasteiger partial charge in [-0.3, -0.25) is 4.79 Å². The Bertz CT molecular complexity index is 667. The second-order valence-electron chi connectivity index (χ2n) is 3.99. The van der Waals surface area contributed by atoms with Crippen molar-refractivity contribution in [1.29, 1.82) is 5.26 Å². The van der Waals surface area contributed by atoms with Gasteiger partial charge in [-0.15, -0.1) is 0 Å². The van der Waals surface area contributed by atoms with Crippen molar-refractivity contribution in [3.05, 3.63) is 59.6 Å². The number of para-hydroxylation sites is 1. The number of hydrogen-bond acceptors (Lipinski definition) is 4. The summed E-state index contributed by atoms with van der Waals surface area (Å²) in [5, 5.41) is 21.2. The van der Waals surface area contributed by atoms with Gasteiger partial charge in [0.2, 0.25) is 0 Å². The number of nitriles is 1. The van der Waals surface area contributed by atoms with Crippen LogP contribution in [0.1, 0.15) is 11.3 Å². The minimum atomic E-state index is -0.521. The van der Waals surface area contributed by atoms with Crippen molar-refractivity contribution >= 4 is 12.0 Å². The summed E-state index contributed by atoms with van der Waals surface area (Å²) in [6.07, 6.45) is 2.84. The molecule has 1 aromatic carbocycles. The summed E-state index contributed by atoms with van der Waals surface area (Å²) in [6.45, 7) is 0.200. The molecule has 5 nitrogen and oxygen atoms in total. The van der Waals surface area contributed by atoms with E-state index in [4.69, 9.17) is 9.68 Å². The van der Waals surface area contributed by atoms with Crippen LogP contribution >= 0.6 is 0 Å². The molecule has 2 aromatic rings. The Morgan fingerprint density at radius 2 is 2.15 bits per heavy atom. The van der Waals surface area contributed by atoms with E-state index in [-0.39, 0.29) is 17.9 Å². The maximum absolute atomic E-state index is 11.9. The normalized spacial score (nSPS) is 10.8. The monoisotopic (exact) mass is 268 g/mol. The zero-order chi connectivity index (χ0) is 14.4. The Morgan fingerprint density at radius 3 is 2.80 bits per heavy atom. The lowest BCUT2D eigenvalue weighted by atomic mass is 10.1. The summed E-state index contributed by atoms with van der Waals surface area (Å²) in [5.74, 6) is 0.0874. The molecule has 1 aromatic heterocycles. The van der Waals surface area contributed by atoms with Gasteiger partial charge in [0.05, 0.1) is 12.8 Å². The predicted molar refractivity (Wildman–Crippen MR) is 72.3 cm³/mol. The number of carbonyl (C=O) groups is 1. The molecule has 0 radical (unpaired) electrons. The third-order valence-electron chi connectivity index (χ3n) is 2.60. The minimum absolute atomic E-state index is 0.0130. The lowest BCUT2D eigenvalue weighted by Gasteiger charge is -2.03. The number of furan rings is 1. The molecule has 0 spiro atoms. The topological polar surface area (TPSA) is 86.3 Å². The molecule has 2 N–H and O–H groups in total. The highest BCUT2D eigenvalue weighted by Gasteiger charge is 2.10. The third-order valence-corrected chi connectivity index (χ3v) is 2.60. The number of nitrogens with one attached hydrogen (secondary N) is 1. The first-order chi connectivity index (χ1) is 9.70. The largest absolute Gasteiger partial charge is 0.507 e. The summed E-state index contributed by atoms with van der Waals surface area (Å²) < 4.78 is 5.08. The van der Waals surface area contributed by atoms with Crippen LogP contribution < -0.4 is 5.32 Å². The van der Waals surface area contributed by atoms with Gasteiger partial charge in [-0.05, 0) is 24.3 Å². The molecule has 100 valence electrons. The molecule has 0 fully saturated rings. The van der Waals surface area contributed by atoms with E-state index in [0.29, 0.717) is 11.3 Å². The Labute approximate surface area is 115 Å². The highest BCUT2D eigenvalue weighted by atomic mass is 16.3. The van der Waals surface area contributed by atoms with Gasteiger partial charge >= 0.3 is 0 Å². The van der Waals surface area contributed by atoms with Gasteiger partial charge in [-0.1, -0.05) is 18.2 Å². The van der Waals surface area contributed by atoms with Crippen LogP contribution in [-0.2, 0) is 11.3 Å². The average Bonchev–Trinajstić information content (AvgIpc) is 2.97. The number of phenolic OH excluding ortho intramolecular Hbond substituents is 1. The van der Waals surface area contributed by atoms with Crippen molar-refractivity contribution in [2.24, 2.45) is 0 Å². The standard InChI is InChI=1S/C15H12N2O3/c16-9-12(8-11-4-1-2-6-14(11)18)15(19)17-10-13-5-3-7-20-13/h1-8,18H,10H2,(H,17,19)/b12-8+. The molecule has 20 heavy (non-hydrogen) atoms. The van der Waals surface area contributed by atoms with E-state index in [9.17, 15) is 9.90 Å². The van der Waals surface area contributed by atoms with E-state index in [1.165, 1.54) is 18.4 Å². The van der Waals surface area contributed by atoms with Gasteiger partial charge in [-0.2, -0.15) is 5.26 Å². The molecular weight excluding hydrogens is 256 g/mol. The third kappa shape index (κ3) is 3.27. The van der Waals surface area contributed by atoms with Gasteiger partial charge in [0.25, 0.3) is 5.91 Å². The molecule has 1 amide bonds. The molecular formula is C15H12N2O3. The number of phenols is 1. The Hall–Kier alpha value is -3.00. The van der Waals surface area contributed by atoms with Crippen molar-refractivity contribution in [3.63, 3.8) is 0 Å². The summed E-state index contributed by atoms with van der Waals surface area (Å²) in [7, 11) is 0. The van der Waals surface area contributed by atoms with Crippen molar-refractivity contribution in [2.75, 3.05) is 0 Å². The molecule has 0 saturated carbocycles. The number of carbonyl (C=O) groups excluding carboxylic acids is 1. The fourth-order valence-corrected chi connectivity index (χ4v) is 1.59. The molecule has 2 rings (SSSR count). The van der Waals surface area contributed by atoms with Crippen LogP contribution in [0, 0.1) is 11.3 Å². The molecule has 0 atom stereocenters. The molecule has 0 aliphatic rings. The fraction of sp³-hybridized carbons (Fsp3) is 0.0667. The number of nitrogens with zero attached hydrogens (tertiary/aromatic N) is 1. The first-order valence-electron chi connectivity index (χ1n) is 5.91. The van der Waals surface area contributed by atoms with Crippen molar-refractivity contribution in [3.8, 4) is 11.8 Å². The predicted octanol–water partition coefficient (Wildman–Crippen LogP) is 2.21. The first-order valence-corrected chi connectivity index (χ1v) is 5.91. The van der Waals surface area contributed by atoms with Crippen LogP contribution in [0.2, 0.25) is 0 Å². The summed E-state index contributed by atoms with van der Waals surface area (Å²) in [6, 6.07) is 11.7. The van der Waals surface area contributed by atoms with Gasteiger partial charge in [0, 0.05) is 5.56 Å². The summed E-state index contributed by atoms with van der Waals surface area (Å²) >= 11 is 0. The number of benzene rings is 1. The van der Waals surface area contributed by atoms with Crippen LogP contribution in [0.25, 0.3) is 6.08 Å². The second kappa shape index (κ2) is 6.25. The number of hydrogen-bond donors (Lipinski definition) is 2. The summed E-state index contributed by atoms with van der Waals surface area (Å²) in [5.41, 5.74) is 0.329. The zero-order valence-corrected chi connectivity index (χ0v) is 10.5. The molecule has 1 heterocycles. The van der Waals surface area contributed by atoms with Crippen LogP contribution in [0.5, 0.6) is 5.75 Å². The lowest BCUT2D eigenvalue weighted by Crippen LogP contribution is -2.23. The van der Waals surface area contributed by atoms with E-state index >= 15 is 0 Å². The van der Waals surface area contributed by atoms with Gasteiger partial charge < -0.3 is 14.8 Å². The first kappa shape index (κ1) is 13.4. The van der Waals surface area contributed by atoms with Crippen LogP contribution in [0.15, 0.2) is 52.7 Å². The van der Waals surface area contributed by atoms with Crippen LogP contribution in [-0.4, -0.2) is 11.0 Å². The van der Waals surface area contributed by atoms with E-state index in [1.807, 2.05) is 6.07 Å². The summed E-state index contributed by atoms with van der Waals surface area (Å²) in [4.78, 5) is 11.9. The highest BCUT2D eigenvalue weighted by molar-refractivity contribution is 6.01. The fourth-order valence-electron chi connectivity index (χ4n) is 1.59. The molecule has 0 saturated heterocycles. The van der Waals surface area contributed by atoms with Gasteiger partial charge in [-0.25, -0.2) is 0 Å². The zero-order valence-electron chi connectivity index (χ0n) is 10.5. The van der Waals surface area contributed by atoms with E-state index in [1.54, 1.807) is 30.3 Å². The molecule has 0 unspecified atom stereocenters. The molecule has 5 heteroatoms. The van der Waals surface area contributed by atoms with Crippen molar-refractivity contribution in [1.82, 2.24) is 5.32 Å². The van der Waals surface area contributed by atoms with Gasteiger partial charge in [0.1, 0.15) is 23.2 Å². The van der Waals surface area contributed by atoms with E-state index < -0.39 is 5.91 Å². The van der Waals surface area contributed by atoms with E-state index in [0.717, 1.165) is 0 Å². The highest BCUT2D eigenvalue weighted by Crippen LogP contribution is 2.18. The maximum Gasteiger partial charge on any atom is 0.262 e. The number of amides is 1. The molecule has 0 aliphatic carbocycles. The van der Waals surface area contributed by atoms with Crippen LogP contribution in [0.3, 0.4) is 0 Å².